The highest BCUT2D eigenvalue weighted by Crippen LogP contribution is 2.46. The molecular weight excluding hydrogens is 503 g/mol. The largest absolute Gasteiger partial charge is 0.507 e. The Balaban J connectivity index is 1.67. The number of rotatable bonds is 3. The van der Waals surface area contributed by atoms with Gasteiger partial charge in [-0.15, -0.1) is 0 Å². The Labute approximate surface area is 219 Å². The number of hydrogen-bond acceptors (Lipinski definition) is 7. The number of hydrogen-bond donors (Lipinski definition) is 1. The summed E-state index contributed by atoms with van der Waals surface area (Å²) < 4.78 is 26.9. The molecule has 9 nitrogen and oxygen atoms in total. The summed E-state index contributed by atoms with van der Waals surface area (Å²) >= 11 is 6.75. The van der Waals surface area contributed by atoms with Crippen molar-refractivity contribution in [2.75, 3.05) is 50.8 Å². The van der Waals surface area contributed by atoms with Crippen LogP contribution in [0.5, 0.6) is 11.5 Å². The topological polar surface area (TPSA) is 95.4 Å². The molecule has 4 heterocycles. The van der Waals surface area contributed by atoms with Crippen molar-refractivity contribution < 1.29 is 28.6 Å². The number of phenolic OH excluding ortho intramolecular Hbond substituents is 1. The van der Waals surface area contributed by atoms with Crippen molar-refractivity contribution in [1.82, 2.24) is 14.8 Å². The van der Waals surface area contributed by atoms with Gasteiger partial charge in [-0.3, -0.25) is 9.59 Å². The lowest BCUT2D eigenvalue weighted by atomic mass is 10.0. The summed E-state index contributed by atoms with van der Waals surface area (Å²) in [7, 11) is 0. The summed E-state index contributed by atoms with van der Waals surface area (Å²) in [6.07, 6.45) is 1.25. The third-order valence-electron chi connectivity index (χ3n) is 6.89. The third kappa shape index (κ3) is 4.48. The highest BCUT2D eigenvalue weighted by molar-refractivity contribution is 6.35. The summed E-state index contributed by atoms with van der Waals surface area (Å²) in [5.74, 6) is -1.24. The molecule has 1 N–H and O–H groups in total. The Morgan fingerprint density at radius 2 is 2.08 bits per heavy atom. The minimum atomic E-state index is -0.710. The maximum absolute atomic E-state index is 14.9. The molecule has 1 aromatic heterocycles. The summed E-state index contributed by atoms with van der Waals surface area (Å²) in [5, 5.41) is 10.4. The highest BCUT2D eigenvalue weighted by atomic mass is 35.5. The fourth-order valence-electron chi connectivity index (χ4n) is 5.11. The molecule has 2 saturated heterocycles. The summed E-state index contributed by atoms with van der Waals surface area (Å²) in [6, 6.07) is 3.50. The molecule has 196 valence electrons. The van der Waals surface area contributed by atoms with E-state index in [-0.39, 0.29) is 64.1 Å². The second kappa shape index (κ2) is 9.50. The molecule has 11 heteroatoms. The van der Waals surface area contributed by atoms with E-state index in [9.17, 15) is 19.1 Å². The lowest BCUT2D eigenvalue weighted by Crippen LogP contribution is -2.57. The number of halogens is 2. The molecule has 0 bridgehead atoms. The van der Waals surface area contributed by atoms with Crippen LogP contribution >= 0.6 is 11.6 Å². The van der Waals surface area contributed by atoms with Crippen molar-refractivity contribution in [3.63, 3.8) is 0 Å². The van der Waals surface area contributed by atoms with E-state index in [4.69, 9.17) is 21.1 Å². The number of phenols is 1. The monoisotopic (exact) mass is 530 g/mol. The number of aromatic hydroxyl groups is 1. The molecule has 0 unspecified atom stereocenters. The molecule has 1 aromatic carbocycles. The number of benzene rings is 1. The number of ether oxygens (including phenoxy) is 2. The van der Waals surface area contributed by atoms with E-state index >= 15 is 0 Å². The van der Waals surface area contributed by atoms with Gasteiger partial charge < -0.3 is 29.3 Å². The zero-order chi connectivity index (χ0) is 26.5. The number of fused-ring (bicyclic) bond motifs is 2. The van der Waals surface area contributed by atoms with Crippen LogP contribution in [0.4, 0.5) is 10.2 Å². The van der Waals surface area contributed by atoms with Crippen molar-refractivity contribution in [3.05, 3.63) is 47.3 Å². The molecule has 0 saturated carbocycles. The standard InChI is InChI=1S/C26H28ClFN4O5/c1-4-18(34)30-8-9-32-15(12-30)13-36-23-20(25(32)35)24(31-10-11-37-26(2,3)14-31)29-22(21(23)27)19-16(28)6-5-7-17(19)33/h4-7,15,33H,1,8-14H2,2-3H3/t15-/m1/s1. The van der Waals surface area contributed by atoms with Crippen molar-refractivity contribution >= 4 is 29.2 Å². The maximum atomic E-state index is 14.9. The predicted octanol–water partition coefficient (Wildman–Crippen LogP) is 3.09. The van der Waals surface area contributed by atoms with Crippen LogP contribution in [0, 0.1) is 5.82 Å². The van der Waals surface area contributed by atoms with Gasteiger partial charge in [-0.2, -0.15) is 0 Å². The van der Waals surface area contributed by atoms with Gasteiger partial charge in [-0.1, -0.05) is 24.2 Å². The van der Waals surface area contributed by atoms with Gasteiger partial charge in [0.25, 0.3) is 5.91 Å². The smallest absolute Gasteiger partial charge is 0.261 e. The van der Waals surface area contributed by atoms with Gasteiger partial charge in [0.1, 0.15) is 40.3 Å². The number of aromatic nitrogens is 1. The molecule has 2 aromatic rings. The average Bonchev–Trinajstić information content (AvgIpc) is 3.00. The second-order valence-corrected chi connectivity index (χ2v) is 10.3. The van der Waals surface area contributed by atoms with Gasteiger partial charge in [-0.25, -0.2) is 9.37 Å². The number of anilines is 1. The minimum absolute atomic E-state index is 0.0218. The molecule has 5 rings (SSSR count). The van der Waals surface area contributed by atoms with Crippen LogP contribution in [-0.2, 0) is 9.53 Å². The van der Waals surface area contributed by atoms with Gasteiger partial charge in [-0.05, 0) is 32.1 Å². The third-order valence-corrected chi connectivity index (χ3v) is 7.24. The van der Waals surface area contributed by atoms with Gasteiger partial charge in [0, 0.05) is 32.7 Å². The van der Waals surface area contributed by atoms with Gasteiger partial charge in [0.05, 0.1) is 23.8 Å². The Morgan fingerprint density at radius 1 is 1.30 bits per heavy atom. The quantitative estimate of drug-likeness (QED) is 0.609. The van der Waals surface area contributed by atoms with Crippen LogP contribution in [0.1, 0.15) is 24.2 Å². The van der Waals surface area contributed by atoms with E-state index in [1.165, 1.54) is 24.3 Å². The number of morpholine rings is 1. The average molecular weight is 531 g/mol. The molecule has 2 fully saturated rings. The first kappa shape index (κ1) is 25.3. The first-order chi connectivity index (χ1) is 17.6. The van der Waals surface area contributed by atoms with Crippen LogP contribution in [0.15, 0.2) is 30.9 Å². The zero-order valence-corrected chi connectivity index (χ0v) is 21.4. The zero-order valence-electron chi connectivity index (χ0n) is 20.7. The SMILES string of the molecule is C=CC(=O)N1CCN2C(=O)c3c(N4CCOC(C)(C)C4)nc(-c4c(O)cccc4F)c(Cl)c3OC[C@H]2C1. The Bertz CT molecular complexity index is 1270. The van der Waals surface area contributed by atoms with E-state index in [1.807, 2.05) is 18.7 Å². The van der Waals surface area contributed by atoms with E-state index in [1.54, 1.807) is 9.80 Å². The number of amides is 2. The fourth-order valence-corrected chi connectivity index (χ4v) is 5.40. The van der Waals surface area contributed by atoms with Crippen LogP contribution in [0.3, 0.4) is 0 Å². The molecule has 3 aliphatic heterocycles. The molecule has 2 amide bonds. The van der Waals surface area contributed by atoms with Crippen LogP contribution < -0.4 is 9.64 Å². The van der Waals surface area contributed by atoms with Crippen LogP contribution in [0.25, 0.3) is 11.3 Å². The second-order valence-electron chi connectivity index (χ2n) is 9.92. The number of nitrogens with zero attached hydrogens (tertiary/aromatic N) is 4. The molecule has 37 heavy (non-hydrogen) atoms. The molecule has 0 radical (unpaired) electrons. The number of carbonyl (C=O) groups excluding carboxylic acids is 2. The summed E-state index contributed by atoms with van der Waals surface area (Å²) in [4.78, 5) is 36.1. The summed E-state index contributed by atoms with van der Waals surface area (Å²) in [6.45, 7) is 9.65. The predicted molar refractivity (Wildman–Crippen MR) is 136 cm³/mol. The number of carbonyl (C=O) groups is 2. The molecule has 0 spiro atoms. The maximum Gasteiger partial charge on any atom is 0.261 e. The van der Waals surface area contributed by atoms with Gasteiger partial charge >= 0.3 is 0 Å². The van der Waals surface area contributed by atoms with Crippen molar-refractivity contribution in [3.8, 4) is 22.8 Å². The first-order valence-electron chi connectivity index (χ1n) is 12.1. The van der Waals surface area contributed by atoms with E-state index in [2.05, 4.69) is 11.6 Å². The normalized spacial score (nSPS) is 21.0. The molecule has 0 aliphatic carbocycles. The molecule has 3 aliphatic rings. The van der Waals surface area contributed by atoms with Crippen LogP contribution in [0.2, 0.25) is 5.02 Å². The van der Waals surface area contributed by atoms with Crippen molar-refractivity contribution in [2.45, 2.75) is 25.5 Å². The Kier molecular flexibility index (Phi) is 6.49. The molecule has 1 atom stereocenters. The van der Waals surface area contributed by atoms with E-state index in [0.29, 0.717) is 32.8 Å². The lowest BCUT2D eigenvalue weighted by Gasteiger charge is -2.41. The van der Waals surface area contributed by atoms with Crippen molar-refractivity contribution in [2.24, 2.45) is 0 Å². The van der Waals surface area contributed by atoms with E-state index < -0.39 is 17.5 Å². The Morgan fingerprint density at radius 3 is 2.78 bits per heavy atom. The Hall–Kier alpha value is -3.37. The highest BCUT2D eigenvalue weighted by Gasteiger charge is 2.42. The number of pyridine rings is 1. The first-order valence-corrected chi connectivity index (χ1v) is 12.4. The van der Waals surface area contributed by atoms with Gasteiger partial charge in [0.2, 0.25) is 5.91 Å². The number of piperazine rings is 1. The summed E-state index contributed by atoms with van der Waals surface area (Å²) in [5.41, 5.74) is -0.551. The van der Waals surface area contributed by atoms with E-state index in [0.717, 1.165) is 0 Å². The lowest BCUT2D eigenvalue weighted by molar-refractivity contribution is -0.128. The minimum Gasteiger partial charge on any atom is -0.507 e. The molecular formula is C26H28ClFN4O5. The fraction of sp³-hybridized carbons (Fsp3) is 0.423. The van der Waals surface area contributed by atoms with Crippen LogP contribution in [-0.4, -0.2) is 89.3 Å². The van der Waals surface area contributed by atoms with Gasteiger partial charge in [0.15, 0.2) is 5.75 Å². The van der Waals surface area contributed by atoms with Crippen molar-refractivity contribution in [1.29, 1.82) is 0 Å².